The second-order valence-corrected chi connectivity index (χ2v) is 8.12. The summed E-state index contributed by atoms with van der Waals surface area (Å²) in [6, 6.07) is 18.8. The van der Waals surface area contributed by atoms with Crippen molar-refractivity contribution in [1.82, 2.24) is 15.2 Å². The van der Waals surface area contributed by atoms with E-state index >= 15 is 0 Å². The van der Waals surface area contributed by atoms with Crippen LogP contribution in [0.15, 0.2) is 67.0 Å². The number of anilines is 2. The van der Waals surface area contributed by atoms with Crippen molar-refractivity contribution < 1.29 is 0 Å². The molecule has 1 N–H and O–H groups in total. The van der Waals surface area contributed by atoms with Gasteiger partial charge in [0.2, 0.25) is 0 Å². The van der Waals surface area contributed by atoms with Crippen molar-refractivity contribution in [2.45, 2.75) is 33.1 Å². The molecule has 0 unspecified atom stereocenters. The zero-order chi connectivity index (χ0) is 19.7. The Labute approximate surface area is 165 Å². The van der Waals surface area contributed by atoms with Crippen molar-refractivity contribution >= 4 is 22.3 Å². The SMILES string of the molecule is Cc1cccnc1-c1ccc2c(Nc3ccc(C(C)(C)C)cc3)nncc2c1. The highest BCUT2D eigenvalue weighted by atomic mass is 15.2. The van der Waals surface area contributed by atoms with Crippen molar-refractivity contribution in [2.24, 2.45) is 0 Å². The van der Waals surface area contributed by atoms with Gasteiger partial charge in [-0.25, -0.2) is 0 Å². The standard InChI is InChI=1S/C24H24N4/c1-16-6-5-13-25-22(16)17-7-12-21-18(14-17)15-26-28-23(21)27-20-10-8-19(9-11-20)24(2,3)4/h5-15H,1-4H3,(H,27,28). The fourth-order valence-corrected chi connectivity index (χ4v) is 3.31. The van der Waals surface area contributed by atoms with Gasteiger partial charge < -0.3 is 5.32 Å². The van der Waals surface area contributed by atoms with Crippen LogP contribution in [-0.2, 0) is 5.41 Å². The molecule has 140 valence electrons. The predicted octanol–water partition coefficient (Wildman–Crippen LogP) is 6.04. The number of nitrogens with one attached hydrogen (secondary N) is 1. The van der Waals surface area contributed by atoms with E-state index in [1.54, 1.807) is 6.20 Å². The predicted molar refractivity (Wildman–Crippen MR) is 116 cm³/mol. The summed E-state index contributed by atoms with van der Waals surface area (Å²) in [6.45, 7) is 8.72. The highest BCUT2D eigenvalue weighted by molar-refractivity contribution is 5.95. The lowest BCUT2D eigenvalue weighted by molar-refractivity contribution is 0.590. The number of hydrogen-bond donors (Lipinski definition) is 1. The first-order valence-electron chi connectivity index (χ1n) is 9.47. The lowest BCUT2D eigenvalue weighted by Gasteiger charge is -2.19. The molecule has 0 saturated heterocycles. The molecule has 0 amide bonds. The van der Waals surface area contributed by atoms with Crippen LogP contribution in [0.25, 0.3) is 22.0 Å². The maximum absolute atomic E-state index is 4.52. The van der Waals surface area contributed by atoms with E-state index in [4.69, 9.17) is 0 Å². The van der Waals surface area contributed by atoms with Gasteiger partial charge in [-0.1, -0.05) is 45.0 Å². The van der Waals surface area contributed by atoms with E-state index in [1.807, 2.05) is 12.3 Å². The molecular weight excluding hydrogens is 344 g/mol. The fourth-order valence-electron chi connectivity index (χ4n) is 3.31. The zero-order valence-corrected chi connectivity index (χ0v) is 16.7. The zero-order valence-electron chi connectivity index (χ0n) is 16.7. The minimum absolute atomic E-state index is 0.137. The Hall–Kier alpha value is -3.27. The fraction of sp³-hybridized carbons (Fsp3) is 0.208. The van der Waals surface area contributed by atoms with E-state index in [0.717, 1.165) is 39.1 Å². The lowest BCUT2D eigenvalue weighted by Crippen LogP contribution is -2.10. The smallest absolute Gasteiger partial charge is 0.160 e. The van der Waals surface area contributed by atoms with Crippen molar-refractivity contribution in [3.63, 3.8) is 0 Å². The van der Waals surface area contributed by atoms with Crippen LogP contribution >= 0.6 is 0 Å². The Morgan fingerprint density at radius 1 is 0.929 bits per heavy atom. The summed E-state index contributed by atoms with van der Waals surface area (Å²) in [4.78, 5) is 4.52. The third kappa shape index (κ3) is 3.58. The Morgan fingerprint density at radius 3 is 2.43 bits per heavy atom. The number of nitrogens with zero attached hydrogens (tertiary/aromatic N) is 3. The lowest BCUT2D eigenvalue weighted by atomic mass is 9.87. The Morgan fingerprint density at radius 2 is 1.71 bits per heavy atom. The van der Waals surface area contributed by atoms with Gasteiger partial charge in [0.15, 0.2) is 5.82 Å². The van der Waals surface area contributed by atoms with Crippen LogP contribution in [0.2, 0.25) is 0 Å². The third-order valence-electron chi connectivity index (χ3n) is 4.96. The molecule has 0 aliphatic carbocycles. The molecule has 4 aromatic rings. The van der Waals surface area contributed by atoms with E-state index in [9.17, 15) is 0 Å². The average molecular weight is 368 g/mol. The molecule has 0 atom stereocenters. The van der Waals surface area contributed by atoms with Crippen LogP contribution < -0.4 is 5.32 Å². The maximum Gasteiger partial charge on any atom is 0.160 e. The number of aromatic nitrogens is 3. The van der Waals surface area contributed by atoms with Crippen molar-refractivity contribution in [3.8, 4) is 11.3 Å². The minimum Gasteiger partial charge on any atom is -0.338 e. The topological polar surface area (TPSA) is 50.7 Å². The molecule has 0 aliphatic heterocycles. The molecule has 0 bridgehead atoms. The van der Waals surface area contributed by atoms with E-state index < -0.39 is 0 Å². The van der Waals surface area contributed by atoms with Gasteiger partial charge >= 0.3 is 0 Å². The van der Waals surface area contributed by atoms with Gasteiger partial charge in [-0.15, -0.1) is 5.10 Å². The van der Waals surface area contributed by atoms with Crippen molar-refractivity contribution in [1.29, 1.82) is 0 Å². The van der Waals surface area contributed by atoms with E-state index in [-0.39, 0.29) is 5.41 Å². The van der Waals surface area contributed by atoms with E-state index in [2.05, 4.69) is 96.7 Å². The average Bonchev–Trinajstić information content (AvgIpc) is 2.68. The number of hydrogen-bond acceptors (Lipinski definition) is 4. The molecule has 2 aromatic heterocycles. The van der Waals surface area contributed by atoms with Gasteiger partial charge in [0, 0.05) is 28.2 Å². The van der Waals surface area contributed by atoms with Crippen LogP contribution in [0.1, 0.15) is 31.9 Å². The Bertz CT molecular complexity index is 1130. The molecule has 28 heavy (non-hydrogen) atoms. The van der Waals surface area contributed by atoms with Gasteiger partial charge in [-0.05, 0) is 53.8 Å². The summed E-state index contributed by atoms with van der Waals surface area (Å²) in [7, 11) is 0. The maximum atomic E-state index is 4.52. The van der Waals surface area contributed by atoms with Crippen LogP contribution in [0.4, 0.5) is 11.5 Å². The van der Waals surface area contributed by atoms with Crippen molar-refractivity contribution in [3.05, 3.63) is 78.1 Å². The number of pyridine rings is 1. The van der Waals surface area contributed by atoms with Crippen LogP contribution in [0.3, 0.4) is 0 Å². The first-order valence-corrected chi connectivity index (χ1v) is 9.47. The largest absolute Gasteiger partial charge is 0.338 e. The summed E-state index contributed by atoms with van der Waals surface area (Å²) >= 11 is 0. The van der Waals surface area contributed by atoms with E-state index in [0.29, 0.717) is 0 Å². The van der Waals surface area contributed by atoms with Crippen molar-refractivity contribution in [2.75, 3.05) is 5.32 Å². The van der Waals surface area contributed by atoms with Gasteiger partial charge in [-0.2, -0.15) is 5.10 Å². The highest BCUT2D eigenvalue weighted by Crippen LogP contribution is 2.30. The molecule has 0 saturated carbocycles. The number of aryl methyl sites for hydroxylation is 1. The van der Waals surface area contributed by atoms with Gasteiger partial charge in [0.1, 0.15) is 0 Å². The van der Waals surface area contributed by atoms with Crippen LogP contribution in [0, 0.1) is 6.92 Å². The van der Waals surface area contributed by atoms with Gasteiger partial charge in [-0.3, -0.25) is 4.98 Å². The molecule has 0 fully saturated rings. The first kappa shape index (κ1) is 18.1. The molecule has 4 rings (SSSR count). The molecule has 2 heterocycles. The summed E-state index contributed by atoms with van der Waals surface area (Å²) in [6.07, 6.45) is 3.62. The van der Waals surface area contributed by atoms with Crippen LogP contribution in [0.5, 0.6) is 0 Å². The summed E-state index contributed by atoms with van der Waals surface area (Å²) < 4.78 is 0. The molecule has 0 spiro atoms. The summed E-state index contributed by atoms with van der Waals surface area (Å²) in [5.74, 6) is 0.755. The van der Waals surface area contributed by atoms with E-state index in [1.165, 1.54) is 5.56 Å². The van der Waals surface area contributed by atoms with Crippen LogP contribution in [-0.4, -0.2) is 15.2 Å². The first-order chi connectivity index (χ1) is 13.4. The second kappa shape index (κ2) is 7.04. The monoisotopic (exact) mass is 368 g/mol. The second-order valence-electron chi connectivity index (χ2n) is 8.12. The Balaban J connectivity index is 1.68. The van der Waals surface area contributed by atoms with Gasteiger partial charge in [0.05, 0.1) is 11.9 Å². The number of benzene rings is 2. The molecule has 2 aromatic carbocycles. The van der Waals surface area contributed by atoms with Gasteiger partial charge in [0.25, 0.3) is 0 Å². The summed E-state index contributed by atoms with van der Waals surface area (Å²) in [5, 5.41) is 14.0. The Kier molecular flexibility index (Phi) is 4.55. The third-order valence-corrected chi connectivity index (χ3v) is 4.96. The molecular formula is C24H24N4. The molecule has 0 aliphatic rings. The highest BCUT2D eigenvalue weighted by Gasteiger charge is 2.13. The number of rotatable bonds is 3. The normalized spacial score (nSPS) is 11.6. The minimum atomic E-state index is 0.137. The summed E-state index contributed by atoms with van der Waals surface area (Å²) in [5.41, 5.74) is 5.67. The number of fused-ring (bicyclic) bond motifs is 1. The quantitative estimate of drug-likeness (QED) is 0.479. The molecule has 0 radical (unpaired) electrons. The molecule has 4 heteroatoms. The molecule has 4 nitrogen and oxygen atoms in total.